The van der Waals surface area contributed by atoms with Crippen LogP contribution in [-0.2, 0) is 4.79 Å². The molecule has 1 fully saturated rings. The molecule has 6 nitrogen and oxygen atoms in total. The van der Waals surface area contributed by atoms with Crippen molar-refractivity contribution in [2.24, 2.45) is 5.73 Å². The SMILES string of the molecule is N=C/C=C(\N)c1ccc(Oc2ccc(OCCCN3CCCC3=O)cc2)cc1. The van der Waals surface area contributed by atoms with E-state index in [1.54, 1.807) is 0 Å². The van der Waals surface area contributed by atoms with E-state index < -0.39 is 0 Å². The molecule has 1 saturated heterocycles. The molecular weight excluding hydrogens is 354 g/mol. The van der Waals surface area contributed by atoms with Gasteiger partial charge in [-0.25, -0.2) is 0 Å². The summed E-state index contributed by atoms with van der Waals surface area (Å²) in [5.74, 6) is 2.45. The van der Waals surface area contributed by atoms with Gasteiger partial charge in [0.1, 0.15) is 17.2 Å². The van der Waals surface area contributed by atoms with Gasteiger partial charge in [0.2, 0.25) is 5.91 Å². The van der Waals surface area contributed by atoms with Crippen molar-refractivity contribution in [3.63, 3.8) is 0 Å². The van der Waals surface area contributed by atoms with Gasteiger partial charge >= 0.3 is 0 Å². The van der Waals surface area contributed by atoms with Gasteiger partial charge in [0.25, 0.3) is 0 Å². The van der Waals surface area contributed by atoms with Gasteiger partial charge in [-0.15, -0.1) is 0 Å². The first-order valence-electron chi connectivity index (χ1n) is 9.41. The molecule has 146 valence electrons. The molecule has 0 aliphatic carbocycles. The van der Waals surface area contributed by atoms with Gasteiger partial charge in [0.15, 0.2) is 0 Å². The number of rotatable bonds is 9. The van der Waals surface area contributed by atoms with Crippen LogP contribution in [0.5, 0.6) is 17.2 Å². The third kappa shape index (κ3) is 5.36. The van der Waals surface area contributed by atoms with Crippen molar-refractivity contribution in [1.29, 1.82) is 5.41 Å². The summed E-state index contributed by atoms with van der Waals surface area (Å²) >= 11 is 0. The second-order valence-electron chi connectivity index (χ2n) is 6.57. The summed E-state index contributed by atoms with van der Waals surface area (Å²) in [6, 6.07) is 14.8. The Kier molecular flexibility index (Phi) is 6.68. The highest BCUT2D eigenvalue weighted by Crippen LogP contribution is 2.25. The zero-order valence-corrected chi connectivity index (χ0v) is 15.8. The molecule has 0 saturated carbocycles. The van der Waals surface area contributed by atoms with Crippen molar-refractivity contribution in [3.8, 4) is 17.2 Å². The van der Waals surface area contributed by atoms with Gasteiger partial charge in [-0.05, 0) is 73.0 Å². The summed E-state index contributed by atoms with van der Waals surface area (Å²) in [6.07, 6.45) is 5.18. The quantitative estimate of drug-likeness (QED) is 0.512. The van der Waals surface area contributed by atoms with E-state index >= 15 is 0 Å². The van der Waals surface area contributed by atoms with Gasteiger partial charge < -0.3 is 25.5 Å². The molecule has 28 heavy (non-hydrogen) atoms. The van der Waals surface area contributed by atoms with Gasteiger partial charge in [0, 0.05) is 31.4 Å². The maximum atomic E-state index is 11.6. The number of allylic oxidation sites excluding steroid dienone is 1. The summed E-state index contributed by atoms with van der Waals surface area (Å²) in [5.41, 5.74) is 7.23. The Hall–Kier alpha value is -3.28. The fourth-order valence-electron chi connectivity index (χ4n) is 3.03. The van der Waals surface area contributed by atoms with E-state index in [0.717, 1.165) is 43.5 Å². The highest BCUT2D eigenvalue weighted by atomic mass is 16.5. The fraction of sp³-hybridized carbons (Fsp3) is 0.273. The Morgan fingerprint density at radius 2 is 1.71 bits per heavy atom. The number of nitrogens with two attached hydrogens (primary N) is 1. The van der Waals surface area contributed by atoms with Crippen molar-refractivity contribution in [2.45, 2.75) is 19.3 Å². The number of nitrogens with one attached hydrogen (secondary N) is 1. The summed E-state index contributed by atoms with van der Waals surface area (Å²) in [6.45, 7) is 2.21. The molecule has 3 rings (SSSR count). The first-order chi connectivity index (χ1) is 13.7. The van der Waals surface area contributed by atoms with Crippen LogP contribution in [0.4, 0.5) is 0 Å². The van der Waals surface area contributed by atoms with E-state index in [0.29, 0.717) is 30.2 Å². The maximum Gasteiger partial charge on any atom is 0.222 e. The summed E-state index contributed by atoms with van der Waals surface area (Å²) in [5, 5.41) is 7.06. The number of benzene rings is 2. The molecule has 0 atom stereocenters. The van der Waals surface area contributed by atoms with Crippen LogP contribution in [0.1, 0.15) is 24.8 Å². The number of likely N-dealkylation sites (tertiary alicyclic amines) is 1. The van der Waals surface area contributed by atoms with E-state index in [9.17, 15) is 4.79 Å². The number of hydrogen-bond acceptors (Lipinski definition) is 5. The Labute approximate surface area is 165 Å². The van der Waals surface area contributed by atoms with Gasteiger partial charge in [0.05, 0.1) is 6.61 Å². The molecule has 1 amide bonds. The Bertz CT molecular complexity index is 829. The lowest BCUT2D eigenvalue weighted by molar-refractivity contribution is -0.127. The second kappa shape index (κ2) is 9.60. The smallest absolute Gasteiger partial charge is 0.222 e. The van der Waals surface area contributed by atoms with Crippen molar-refractivity contribution in [3.05, 3.63) is 60.2 Å². The Balaban J connectivity index is 1.45. The molecular formula is C22H25N3O3. The highest BCUT2D eigenvalue weighted by molar-refractivity contribution is 5.81. The molecule has 1 aliphatic rings. The monoisotopic (exact) mass is 379 g/mol. The number of carbonyl (C=O) groups is 1. The first kappa shape index (κ1) is 19.5. The zero-order chi connectivity index (χ0) is 19.8. The van der Waals surface area contributed by atoms with Crippen LogP contribution < -0.4 is 15.2 Å². The van der Waals surface area contributed by atoms with Crippen molar-refractivity contribution in [2.75, 3.05) is 19.7 Å². The van der Waals surface area contributed by atoms with Gasteiger partial charge in [-0.1, -0.05) is 0 Å². The average molecular weight is 379 g/mol. The number of hydrogen-bond donors (Lipinski definition) is 2. The molecule has 2 aromatic rings. The van der Waals surface area contributed by atoms with Crippen LogP contribution in [0.25, 0.3) is 5.70 Å². The van der Waals surface area contributed by atoms with E-state index in [1.807, 2.05) is 53.4 Å². The highest BCUT2D eigenvalue weighted by Gasteiger charge is 2.18. The van der Waals surface area contributed by atoms with Crippen LogP contribution in [0.2, 0.25) is 0 Å². The fourth-order valence-corrected chi connectivity index (χ4v) is 3.03. The third-order valence-electron chi connectivity index (χ3n) is 4.52. The van der Waals surface area contributed by atoms with Crippen LogP contribution in [0.15, 0.2) is 54.6 Å². The number of nitrogens with zero attached hydrogens (tertiary/aromatic N) is 1. The van der Waals surface area contributed by atoms with Crippen LogP contribution >= 0.6 is 0 Å². The normalized spacial score (nSPS) is 14.2. The van der Waals surface area contributed by atoms with Crippen LogP contribution in [0.3, 0.4) is 0 Å². The van der Waals surface area contributed by atoms with Crippen LogP contribution in [-0.4, -0.2) is 36.7 Å². The predicted octanol–water partition coefficient (Wildman–Crippen LogP) is 3.82. The van der Waals surface area contributed by atoms with Crippen molar-refractivity contribution in [1.82, 2.24) is 4.90 Å². The third-order valence-corrected chi connectivity index (χ3v) is 4.52. The number of ether oxygens (including phenoxy) is 2. The lowest BCUT2D eigenvalue weighted by Gasteiger charge is -2.15. The Morgan fingerprint density at radius 3 is 2.32 bits per heavy atom. The average Bonchev–Trinajstić information content (AvgIpc) is 3.12. The summed E-state index contributed by atoms with van der Waals surface area (Å²) in [4.78, 5) is 13.5. The minimum atomic E-state index is 0.253. The second-order valence-corrected chi connectivity index (χ2v) is 6.57. The topological polar surface area (TPSA) is 88.6 Å². The maximum absolute atomic E-state index is 11.6. The number of amides is 1. The predicted molar refractivity (Wildman–Crippen MR) is 110 cm³/mol. The summed E-state index contributed by atoms with van der Waals surface area (Å²) < 4.78 is 11.6. The molecule has 6 heteroatoms. The number of carbonyl (C=O) groups excluding carboxylic acids is 1. The Morgan fingerprint density at radius 1 is 1.07 bits per heavy atom. The standard InChI is InChI=1S/C22H25N3O3/c23-13-12-21(24)17-4-6-19(7-5-17)28-20-10-8-18(9-11-20)27-16-2-15-25-14-1-3-22(25)26/h4-13,23H,1-3,14-16,24H2/b21-12-,23-13?. The molecule has 0 spiro atoms. The molecule has 0 aromatic heterocycles. The van der Waals surface area contributed by atoms with Crippen molar-refractivity contribution < 1.29 is 14.3 Å². The van der Waals surface area contributed by atoms with Crippen LogP contribution in [0, 0.1) is 5.41 Å². The zero-order valence-electron chi connectivity index (χ0n) is 15.8. The van der Waals surface area contributed by atoms with E-state index in [2.05, 4.69) is 0 Å². The van der Waals surface area contributed by atoms with Gasteiger partial charge in [-0.3, -0.25) is 4.79 Å². The molecule has 0 unspecified atom stereocenters. The molecule has 3 N–H and O–H groups in total. The largest absolute Gasteiger partial charge is 0.494 e. The molecule has 2 aromatic carbocycles. The van der Waals surface area contributed by atoms with Crippen molar-refractivity contribution >= 4 is 17.8 Å². The lowest BCUT2D eigenvalue weighted by Crippen LogP contribution is -2.26. The molecule has 1 heterocycles. The minimum Gasteiger partial charge on any atom is -0.494 e. The minimum absolute atomic E-state index is 0.253. The van der Waals surface area contributed by atoms with E-state index in [-0.39, 0.29) is 5.91 Å². The lowest BCUT2D eigenvalue weighted by atomic mass is 10.1. The van der Waals surface area contributed by atoms with E-state index in [1.165, 1.54) is 6.08 Å². The summed E-state index contributed by atoms with van der Waals surface area (Å²) in [7, 11) is 0. The molecule has 0 radical (unpaired) electrons. The van der Waals surface area contributed by atoms with Gasteiger partial charge in [-0.2, -0.15) is 0 Å². The molecule has 0 bridgehead atoms. The first-order valence-corrected chi connectivity index (χ1v) is 9.41. The molecule has 1 aliphatic heterocycles. The van der Waals surface area contributed by atoms with E-state index in [4.69, 9.17) is 20.6 Å².